The van der Waals surface area contributed by atoms with Crippen LogP contribution in [0, 0.1) is 12.8 Å². The molecular weight excluding hydrogens is 286 g/mol. The number of carboxylic acids is 1. The van der Waals surface area contributed by atoms with Crippen LogP contribution < -0.4 is 4.72 Å². The highest BCUT2D eigenvalue weighted by atomic mass is 32.2. The van der Waals surface area contributed by atoms with E-state index in [9.17, 15) is 18.3 Å². The maximum atomic E-state index is 12.2. The Morgan fingerprint density at radius 2 is 2.05 bits per heavy atom. The molecule has 1 unspecified atom stereocenters. The molecule has 0 amide bonds. The lowest BCUT2D eigenvalue weighted by Crippen LogP contribution is -2.38. The summed E-state index contributed by atoms with van der Waals surface area (Å²) in [5, 5.41) is 18.0. The third-order valence-electron chi connectivity index (χ3n) is 2.67. The molecule has 1 atom stereocenters. The SMILES string of the molecule is Cc1oc(C(=O)O)cc1S(=O)(=O)NC(CO)CC(C)C. The molecular formula is C12H19NO6S. The maximum Gasteiger partial charge on any atom is 0.371 e. The molecule has 0 radical (unpaired) electrons. The first-order valence-electron chi connectivity index (χ1n) is 6.14. The van der Waals surface area contributed by atoms with Gasteiger partial charge in [-0.25, -0.2) is 17.9 Å². The van der Waals surface area contributed by atoms with Gasteiger partial charge >= 0.3 is 5.97 Å². The van der Waals surface area contributed by atoms with Crippen molar-refractivity contribution < 1.29 is 27.8 Å². The van der Waals surface area contributed by atoms with E-state index in [1.807, 2.05) is 13.8 Å². The van der Waals surface area contributed by atoms with Crippen LogP contribution in [0.15, 0.2) is 15.4 Å². The molecule has 0 aromatic carbocycles. The maximum absolute atomic E-state index is 12.2. The van der Waals surface area contributed by atoms with Gasteiger partial charge in [-0.1, -0.05) is 13.8 Å². The average Bonchev–Trinajstić information content (AvgIpc) is 2.70. The topological polar surface area (TPSA) is 117 Å². The van der Waals surface area contributed by atoms with Gasteiger partial charge in [-0.3, -0.25) is 0 Å². The summed E-state index contributed by atoms with van der Waals surface area (Å²) in [6, 6.07) is 0.339. The molecule has 0 aliphatic heterocycles. The van der Waals surface area contributed by atoms with Crippen molar-refractivity contribution in [3.05, 3.63) is 17.6 Å². The third-order valence-corrected chi connectivity index (χ3v) is 4.30. The second-order valence-corrected chi connectivity index (χ2v) is 6.65. The molecule has 8 heteroatoms. The zero-order valence-corrected chi connectivity index (χ0v) is 12.4. The Balaban J connectivity index is 3.01. The summed E-state index contributed by atoms with van der Waals surface area (Å²) in [4.78, 5) is 10.5. The van der Waals surface area contributed by atoms with Crippen LogP contribution in [0.3, 0.4) is 0 Å². The quantitative estimate of drug-likeness (QED) is 0.691. The second kappa shape index (κ2) is 6.38. The van der Waals surface area contributed by atoms with Crippen LogP contribution in [0.5, 0.6) is 0 Å². The molecule has 1 aromatic rings. The number of aliphatic hydroxyl groups excluding tert-OH is 1. The smallest absolute Gasteiger partial charge is 0.371 e. The first kappa shape index (κ1) is 16.7. The summed E-state index contributed by atoms with van der Waals surface area (Å²) < 4.78 is 31.6. The van der Waals surface area contributed by atoms with Crippen molar-refractivity contribution in [2.24, 2.45) is 5.92 Å². The fourth-order valence-corrected chi connectivity index (χ4v) is 3.27. The first-order chi connectivity index (χ1) is 9.17. The van der Waals surface area contributed by atoms with Crippen molar-refractivity contribution in [3.63, 3.8) is 0 Å². The van der Waals surface area contributed by atoms with E-state index in [0.717, 1.165) is 6.07 Å². The Bertz CT molecular complexity index is 575. The van der Waals surface area contributed by atoms with Crippen molar-refractivity contribution in [3.8, 4) is 0 Å². The molecule has 0 saturated heterocycles. The number of nitrogens with one attached hydrogen (secondary N) is 1. The van der Waals surface area contributed by atoms with Gasteiger partial charge in [-0.15, -0.1) is 0 Å². The Labute approximate surface area is 117 Å². The Hall–Kier alpha value is -1.38. The highest BCUT2D eigenvalue weighted by molar-refractivity contribution is 7.89. The average molecular weight is 305 g/mol. The van der Waals surface area contributed by atoms with E-state index in [0.29, 0.717) is 6.42 Å². The molecule has 20 heavy (non-hydrogen) atoms. The predicted octanol–water partition coefficient (Wildman–Crippen LogP) is 0.972. The van der Waals surface area contributed by atoms with Gasteiger partial charge in [0.1, 0.15) is 10.7 Å². The number of hydrogen-bond donors (Lipinski definition) is 3. The molecule has 0 saturated carbocycles. The summed E-state index contributed by atoms with van der Waals surface area (Å²) in [6.45, 7) is 4.85. The number of carbonyl (C=O) groups is 1. The van der Waals surface area contributed by atoms with Gasteiger partial charge in [-0.2, -0.15) is 0 Å². The minimum absolute atomic E-state index is 0.00358. The molecule has 7 nitrogen and oxygen atoms in total. The van der Waals surface area contributed by atoms with E-state index < -0.39 is 27.8 Å². The van der Waals surface area contributed by atoms with E-state index in [1.54, 1.807) is 0 Å². The fraction of sp³-hybridized carbons (Fsp3) is 0.583. The largest absolute Gasteiger partial charge is 0.475 e. The van der Waals surface area contributed by atoms with Crippen LogP contribution in [-0.2, 0) is 10.0 Å². The zero-order valence-electron chi connectivity index (χ0n) is 11.6. The van der Waals surface area contributed by atoms with Crippen LogP contribution in [0.4, 0.5) is 0 Å². The normalized spacial score (nSPS) is 13.7. The van der Waals surface area contributed by atoms with E-state index in [1.165, 1.54) is 6.92 Å². The number of aromatic carboxylic acids is 1. The van der Waals surface area contributed by atoms with Gasteiger partial charge in [-0.05, 0) is 19.3 Å². The van der Waals surface area contributed by atoms with Gasteiger partial charge in [0.15, 0.2) is 0 Å². The van der Waals surface area contributed by atoms with E-state index >= 15 is 0 Å². The number of hydrogen-bond acceptors (Lipinski definition) is 5. The number of aryl methyl sites for hydroxylation is 1. The lowest BCUT2D eigenvalue weighted by Gasteiger charge is -2.17. The lowest BCUT2D eigenvalue weighted by molar-refractivity contribution is 0.0661. The minimum atomic E-state index is -3.93. The summed E-state index contributed by atoms with van der Waals surface area (Å²) in [5.41, 5.74) is 0. The van der Waals surface area contributed by atoms with Gasteiger partial charge in [0.05, 0.1) is 6.61 Å². The summed E-state index contributed by atoms with van der Waals surface area (Å²) >= 11 is 0. The first-order valence-corrected chi connectivity index (χ1v) is 7.62. The van der Waals surface area contributed by atoms with Crippen molar-refractivity contribution in [2.75, 3.05) is 6.61 Å². The predicted molar refractivity (Wildman–Crippen MR) is 71.1 cm³/mol. The summed E-state index contributed by atoms with van der Waals surface area (Å²) in [7, 11) is -3.93. The molecule has 0 aliphatic rings. The van der Waals surface area contributed by atoms with Crippen molar-refractivity contribution >= 4 is 16.0 Å². The highest BCUT2D eigenvalue weighted by Gasteiger charge is 2.26. The Morgan fingerprint density at radius 1 is 1.45 bits per heavy atom. The number of sulfonamides is 1. The number of rotatable bonds is 7. The molecule has 1 heterocycles. The summed E-state index contributed by atoms with van der Waals surface area (Å²) in [5.74, 6) is -1.58. The molecule has 1 rings (SSSR count). The van der Waals surface area contributed by atoms with E-state index in [4.69, 9.17) is 9.52 Å². The molecule has 1 aromatic heterocycles. The summed E-state index contributed by atoms with van der Waals surface area (Å²) in [6.07, 6.45) is 0.471. The molecule has 0 fully saturated rings. The minimum Gasteiger partial charge on any atom is -0.475 e. The number of furan rings is 1. The number of aliphatic hydroxyl groups is 1. The van der Waals surface area contributed by atoms with E-state index in [-0.39, 0.29) is 23.2 Å². The van der Waals surface area contributed by atoms with Crippen LogP contribution in [0.2, 0.25) is 0 Å². The van der Waals surface area contributed by atoms with E-state index in [2.05, 4.69) is 4.72 Å². The third kappa shape index (κ3) is 4.06. The van der Waals surface area contributed by atoms with Gasteiger partial charge in [0, 0.05) is 12.1 Å². The molecule has 0 spiro atoms. The molecule has 3 N–H and O–H groups in total. The lowest BCUT2D eigenvalue weighted by atomic mass is 10.1. The Kier molecular flexibility index (Phi) is 5.32. The Morgan fingerprint density at radius 3 is 2.45 bits per heavy atom. The standard InChI is InChI=1S/C12H19NO6S/c1-7(2)4-9(6-14)13-20(17,18)11-5-10(12(15)16)19-8(11)3/h5,7,9,13-14H,4,6H2,1-3H3,(H,15,16). The van der Waals surface area contributed by atoms with Crippen molar-refractivity contribution in [1.82, 2.24) is 4.72 Å². The molecule has 0 bridgehead atoms. The van der Waals surface area contributed by atoms with Gasteiger partial charge < -0.3 is 14.6 Å². The van der Waals surface area contributed by atoms with Crippen molar-refractivity contribution in [2.45, 2.75) is 38.1 Å². The molecule has 0 aliphatic carbocycles. The van der Waals surface area contributed by atoms with Crippen molar-refractivity contribution in [1.29, 1.82) is 0 Å². The van der Waals surface area contributed by atoms with Crippen LogP contribution in [0.1, 0.15) is 36.6 Å². The van der Waals surface area contributed by atoms with Crippen LogP contribution >= 0.6 is 0 Å². The molecule has 114 valence electrons. The van der Waals surface area contributed by atoms with Gasteiger partial charge in [0.25, 0.3) is 0 Å². The number of carboxylic acid groups (broad SMARTS) is 1. The van der Waals surface area contributed by atoms with Gasteiger partial charge in [0.2, 0.25) is 15.8 Å². The zero-order chi connectivity index (χ0) is 15.5. The van der Waals surface area contributed by atoms with Crippen LogP contribution in [0.25, 0.3) is 0 Å². The highest BCUT2D eigenvalue weighted by Crippen LogP contribution is 2.20. The second-order valence-electron chi connectivity index (χ2n) is 4.97. The van der Waals surface area contributed by atoms with Crippen LogP contribution in [-0.4, -0.2) is 37.2 Å². The monoisotopic (exact) mass is 305 g/mol. The fourth-order valence-electron chi connectivity index (χ4n) is 1.85.